The second-order valence-electron chi connectivity index (χ2n) is 5.81. The van der Waals surface area contributed by atoms with E-state index in [9.17, 15) is 18.0 Å². The highest BCUT2D eigenvalue weighted by molar-refractivity contribution is 6.30. The average Bonchev–Trinajstić information content (AvgIpc) is 2.62. The van der Waals surface area contributed by atoms with Crippen molar-refractivity contribution in [1.29, 1.82) is 0 Å². The van der Waals surface area contributed by atoms with E-state index in [0.717, 1.165) is 30.9 Å². The lowest BCUT2D eigenvalue weighted by Crippen LogP contribution is -2.24. The van der Waals surface area contributed by atoms with E-state index in [0.29, 0.717) is 5.69 Å². The van der Waals surface area contributed by atoms with E-state index >= 15 is 0 Å². The van der Waals surface area contributed by atoms with Gasteiger partial charge in [-0.3, -0.25) is 4.79 Å². The summed E-state index contributed by atoms with van der Waals surface area (Å²) >= 11 is 5.63. The maximum atomic E-state index is 13.1. The summed E-state index contributed by atoms with van der Waals surface area (Å²) in [6.07, 6.45) is -4.61. The van der Waals surface area contributed by atoms with Gasteiger partial charge >= 0.3 is 6.18 Å². The van der Waals surface area contributed by atoms with Crippen LogP contribution in [0.15, 0.2) is 42.5 Å². The lowest BCUT2D eigenvalue weighted by atomic mass is 10.1. The first kappa shape index (κ1) is 20.9. The molecule has 0 fully saturated rings. The number of alkyl halides is 3. The maximum Gasteiger partial charge on any atom is 0.418 e. The lowest BCUT2D eigenvalue weighted by molar-refractivity contribution is -0.137. The van der Waals surface area contributed by atoms with Gasteiger partial charge in [0, 0.05) is 29.5 Å². The van der Waals surface area contributed by atoms with Crippen molar-refractivity contribution in [2.24, 2.45) is 0 Å². The minimum atomic E-state index is -4.61. The van der Waals surface area contributed by atoms with Crippen molar-refractivity contribution in [3.63, 3.8) is 0 Å². The number of halogens is 4. The number of rotatable bonds is 7. The Balaban J connectivity index is 1.99. The van der Waals surface area contributed by atoms with E-state index in [1.54, 1.807) is 0 Å². The zero-order valence-electron chi connectivity index (χ0n) is 15.0. The Morgan fingerprint density at radius 2 is 1.70 bits per heavy atom. The summed E-state index contributed by atoms with van der Waals surface area (Å²) in [5.41, 5.74) is 0.460. The van der Waals surface area contributed by atoms with Crippen LogP contribution in [0.3, 0.4) is 0 Å². The van der Waals surface area contributed by atoms with Crippen LogP contribution >= 0.6 is 11.6 Å². The molecule has 0 saturated carbocycles. The molecule has 146 valence electrons. The Morgan fingerprint density at radius 3 is 2.26 bits per heavy atom. The van der Waals surface area contributed by atoms with E-state index in [2.05, 4.69) is 29.4 Å². The topological polar surface area (TPSA) is 44.4 Å². The molecule has 0 unspecified atom stereocenters. The van der Waals surface area contributed by atoms with Gasteiger partial charge in [-0.25, -0.2) is 0 Å². The molecule has 2 rings (SSSR count). The molecule has 0 spiro atoms. The molecule has 8 heteroatoms. The third-order valence-electron chi connectivity index (χ3n) is 4.01. The number of carbonyl (C=O) groups is 1. The van der Waals surface area contributed by atoms with Crippen molar-refractivity contribution in [3.05, 3.63) is 53.1 Å². The largest absolute Gasteiger partial charge is 0.418 e. The fourth-order valence-electron chi connectivity index (χ4n) is 2.62. The fourth-order valence-corrected chi connectivity index (χ4v) is 2.79. The summed E-state index contributed by atoms with van der Waals surface area (Å²) in [5.74, 6) is -0.587. The van der Waals surface area contributed by atoms with Crippen LogP contribution in [0.1, 0.15) is 19.4 Å². The molecule has 0 atom stereocenters. The quantitative estimate of drug-likeness (QED) is 0.667. The Hall–Kier alpha value is -2.41. The van der Waals surface area contributed by atoms with Gasteiger partial charge in [-0.15, -0.1) is 0 Å². The monoisotopic (exact) mass is 399 g/mol. The van der Waals surface area contributed by atoms with Gasteiger partial charge < -0.3 is 15.5 Å². The van der Waals surface area contributed by atoms with E-state index < -0.39 is 17.6 Å². The van der Waals surface area contributed by atoms with Crippen molar-refractivity contribution in [2.75, 3.05) is 35.2 Å². The molecule has 0 bridgehead atoms. The zero-order chi connectivity index (χ0) is 20.0. The fraction of sp³-hybridized carbons (Fsp3) is 0.316. The van der Waals surface area contributed by atoms with Crippen LogP contribution in [0, 0.1) is 0 Å². The Labute approximate surface area is 161 Å². The van der Waals surface area contributed by atoms with Gasteiger partial charge in [-0.05, 0) is 56.3 Å². The van der Waals surface area contributed by atoms with Crippen LogP contribution in [0.2, 0.25) is 5.02 Å². The molecule has 1 amide bonds. The molecule has 0 saturated heterocycles. The number of nitrogens with zero attached hydrogens (tertiary/aromatic N) is 1. The number of hydrogen-bond acceptors (Lipinski definition) is 3. The van der Waals surface area contributed by atoms with Crippen LogP contribution in [0.25, 0.3) is 0 Å². The van der Waals surface area contributed by atoms with Crippen LogP contribution in [-0.2, 0) is 11.0 Å². The first-order chi connectivity index (χ1) is 12.7. The standard InChI is InChI=1S/C19H21ClF3N3O/c1-3-26(4-2)15-8-6-14(7-9-15)24-12-18(27)25-17-10-5-13(20)11-16(17)19(21,22)23/h5-11,24H,3-4,12H2,1-2H3,(H,25,27). The van der Waals surface area contributed by atoms with Crippen LogP contribution in [-0.4, -0.2) is 25.5 Å². The summed E-state index contributed by atoms with van der Waals surface area (Å²) in [6.45, 7) is 5.73. The van der Waals surface area contributed by atoms with Gasteiger partial charge in [-0.1, -0.05) is 11.6 Å². The summed E-state index contributed by atoms with van der Waals surface area (Å²) in [5, 5.41) is 5.12. The number of carbonyl (C=O) groups excluding carboxylic acids is 1. The second kappa shape index (κ2) is 8.99. The van der Waals surface area contributed by atoms with Crippen molar-refractivity contribution in [1.82, 2.24) is 0 Å². The Morgan fingerprint density at radius 1 is 1.07 bits per heavy atom. The molecular weight excluding hydrogens is 379 g/mol. The predicted octanol–water partition coefficient (Wildman–Crippen LogP) is 5.26. The number of nitrogens with one attached hydrogen (secondary N) is 2. The number of anilines is 3. The molecule has 0 aromatic heterocycles. The number of amides is 1. The highest BCUT2D eigenvalue weighted by Crippen LogP contribution is 2.36. The average molecular weight is 400 g/mol. The number of hydrogen-bond donors (Lipinski definition) is 2. The molecule has 0 aliphatic heterocycles. The van der Waals surface area contributed by atoms with E-state index in [1.165, 1.54) is 6.07 Å². The van der Waals surface area contributed by atoms with Gasteiger partial charge in [0.2, 0.25) is 5.91 Å². The van der Waals surface area contributed by atoms with Crippen LogP contribution in [0.4, 0.5) is 30.2 Å². The summed E-state index contributed by atoms with van der Waals surface area (Å²) < 4.78 is 39.2. The van der Waals surface area contributed by atoms with Gasteiger partial charge in [0.15, 0.2) is 0 Å². The normalized spacial score (nSPS) is 11.2. The molecule has 0 radical (unpaired) electrons. The molecule has 4 nitrogen and oxygen atoms in total. The SMILES string of the molecule is CCN(CC)c1ccc(NCC(=O)Nc2ccc(Cl)cc2C(F)(F)F)cc1. The van der Waals surface area contributed by atoms with Crippen molar-refractivity contribution < 1.29 is 18.0 Å². The van der Waals surface area contributed by atoms with E-state index in [1.807, 2.05) is 24.3 Å². The van der Waals surface area contributed by atoms with Crippen LogP contribution < -0.4 is 15.5 Å². The van der Waals surface area contributed by atoms with Gasteiger partial charge in [0.05, 0.1) is 17.8 Å². The Kier molecular flexibility index (Phi) is 6.96. The smallest absolute Gasteiger partial charge is 0.376 e. The van der Waals surface area contributed by atoms with Gasteiger partial charge in [-0.2, -0.15) is 13.2 Å². The molecule has 0 aliphatic rings. The molecule has 2 aromatic carbocycles. The maximum absolute atomic E-state index is 13.1. The van der Waals surface area contributed by atoms with Crippen LogP contribution in [0.5, 0.6) is 0 Å². The number of benzene rings is 2. The zero-order valence-corrected chi connectivity index (χ0v) is 15.8. The third kappa shape index (κ3) is 5.79. The first-order valence-electron chi connectivity index (χ1n) is 8.50. The summed E-state index contributed by atoms with van der Waals surface area (Å²) in [6, 6.07) is 10.7. The molecule has 2 N–H and O–H groups in total. The molecular formula is C19H21ClF3N3O. The molecule has 0 heterocycles. The minimum Gasteiger partial charge on any atom is -0.376 e. The lowest BCUT2D eigenvalue weighted by Gasteiger charge is -2.21. The molecule has 2 aromatic rings. The van der Waals surface area contributed by atoms with Gasteiger partial charge in [0.25, 0.3) is 0 Å². The molecule has 27 heavy (non-hydrogen) atoms. The van der Waals surface area contributed by atoms with Gasteiger partial charge in [0.1, 0.15) is 0 Å². The van der Waals surface area contributed by atoms with E-state index in [4.69, 9.17) is 11.6 Å². The highest BCUT2D eigenvalue weighted by Gasteiger charge is 2.34. The summed E-state index contributed by atoms with van der Waals surface area (Å²) in [7, 11) is 0. The molecule has 0 aliphatic carbocycles. The minimum absolute atomic E-state index is 0.0493. The summed E-state index contributed by atoms with van der Waals surface area (Å²) in [4.78, 5) is 14.2. The van der Waals surface area contributed by atoms with Crippen molar-refractivity contribution in [3.8, 4) is 0 Å². The highest BCUT2D eigenvalue weighted by atomic mass is 35.5. The first-order valence-corrected chi connectivity index (χ1v) is 8.87. The van der Waals surface area contributed by atoms with Crippen molar-refractivity contribution >= 4 is 34.6 Å². The predicted molar refractivity (Wildman–Crippen MR) is 104 cm³/mol. The Bertz CT molecular complexity index is 775. The van der Waals surface area contributed by atoms with Crippen molar-refractivity contribution in [2.45, 2.75) is 20.0 Å². The second-order valence-corrected chi connectivity index (χ2v) is 6.24. The third-order valence-corrected chi connectivity index (χ3v) is 4.25. The van der Waals surface area contributed by atoms with E-state index in [-0.39, 0.29) is 17.3 Å².